The highest BCUT2D eigenvalue weighted by Gasteiger charge is 2.04. The first-order chi connectivity index (χ1) is 9.74. The minimum absolute atomic E-state index is 0.102. The van der Waals surface area contributed by atoms with Crippen molar-refractivity contribution >= 4 is 39.2 Å². The quantitative estimate of drug-likeness (QED) is 0.690. The molecule has 0 saturated carbocycles. The van der Waals surface area contributed by atoms with Gasteiger partial charge in [0, 0.05) is 9.26 Å². The Bertz CT molecular complexity index is 813. The number of nitrogens with zero attached hydrogens (tertiary/aromatic N) is 1. The van der Waals surface area contributed by atoms with Crippen LogP contribution in [0.25, 0.3) is 10.9 Å². The first kappa shape index (κ1) is 13.1. The molecule has 0 aliphatic carbocycles. The smallest absolute Gasteiger partial charge is 0.258 e. The lowest BCUT2D eigenvalue weighted by Gasteiger charge is -2.08. The van der Waals surface area contributed by atoms with Crippen LogP contribution in [0.4, 0.5) is 5.69 Å². The van der Waals surface area contributed by atoms with E-state index in [2.05, 4.69) is 37.9 Å². The molecule has 3 aromatic rings. The van der Waals surface area contributed by atoms with Crippen molar-refractivity contribution in [3.63, 3.8) is 0 Å². The molecule has 0 spiro atoms. The molecule has 0 saturated heterocycles. The Morgan fingerprint density at radius 3 is 2.70 bits per heavy atom. The topological polar surface area (TPSA) is 57.8 Å². The Labute approximate surface area is 129 Å². The van der Waals surface area contributed by atoms with Crippen molar-refractivity contribution in [3.05, 3.63) is 68.3 Å². The average molecular weight is 377 g/mol. The highest BCUT2D eigenvalue weighted by molar-refractivity contribution is 14.1. The van der Waals surface area contributed by atoms with Crippen LogP contribution in [0, 0.1) is 3.57 Å². The maximum absolute atomic E-state index is 12.0. The SMILES string of the molecule is O=c1[nH]c(CNc2ccccc2I)nc2ccccc12. The molecule has 0 aliphatic rings. The number of halogens is 1. The van der Waals surface area contributed by atoms with Gasteiger partial charge < -0.3 is 10.3 Å². The third-order valence-electron chi connectivity index (χ3n) is 2.98. The molecule has 100 valence electrons. The molecule has 0 unspecified atom stereocenters. The van der Waals surface area contributed by atoms with E-state index < -0.39 is 0 Å². The Morgan fingerprint density at radius 1 is 1.10 bits per heavy atom. The monoisotopic (exact) mass is 377 g/mol. The van der Waals surface area contributed by atoms with Gasteiger partial charge in [-0.1, -0.05) is 24.3 Å². The van der Waals surface area contributed by atoms with E-state index in [0.29, 0.717) is 17.8 Å². The van der Waals surface area contributed by atoms with E-state index in [-0.39, 0.29) is 5.56 Å². The van der Waals surface area contributed by atoms with E-state index in [1.807, 2.05) is 42.5 Å². The van der Waals surface area contributed by atoms with E-state index >= 15 is 0 Å². The number of para-hydroxylation sites is 2. The minimum atomic E-state index is -0.102. The van der Waals surface area contributed by atoms with Crippen LogP contribution >= 0.6 is 22.6 Å². The summed E-state index contributed by atoms with van der Waals surface area (Å²) < 4.78 is 1.13. The van der Waals surface area contributed by atoms with E-state index in [0.717, 1.165) is 14.8 Å². The summed E-state index contributed by atoms with van der Waals surface area (Å²) in [4.78, 5) is 19.2. The summed E-state index contributed by atoms with van der Waals surface area (Å²) in [6.07, 6.45) is 0. The molecular formula is C15H12IN3O. The third-order valence-corrected chi connectivity index (χ3v) is 3.92. The lowest BCUT2D eigenvalue weighted by molar-refractivity contribution is 0.952. The van der Waals surface area contributed by atoms with Gasteiger partial charge in [0.25, 0.3) is 5.56 Å². The van der Waals surface area contributed by atoms with Crippen molar-refractivity contribution in [1.29, 1.82) is 0 Å². The van der Waals surface area contributed by atoms with Crippen LogP contribution in [0.2, 0.25) is 0 Å². The number of anilines is 1. The molecule has 0 bridgehead atoms. The number of hydrogen-bond donors (Lipinski definition) is 2. The predicted molar refractivity (Wildman–Crippen MR) is 88.8 cm³/mol. The van der Waals surface area contributed by atoms with Crippen molar-refractivity contribution in [2.45, 2.75) is 6.54 Å². The fourth-order valence-corrected chi connectivity index (χ4v) is 2.58. The van der Waals surface area contributed by atoms with Gasteiger partial charge in [-0.25, -0.2) is 4.98 Å². The van der Waals surface area contributed by atoms with Crippen LogP contribution in [-0.4, -0.2) is 9.97 Å². The van der Waals surface area contributed by atoms with Crippen molar-refractivity contribution in [3.8, 4) is 0 Å². The Balaban J connectivity index is 1.88. The van der Waals surface area contributed by atoms with Gasteiger partial charge in [0.2, 0.25) is 0 Å². The molecule has 20 heavy (non-hydrogen) atoms. The lowest BCUT2D eigenvalue weighted by Crippen LogP contribution is -2.14. The second-order valence-corrected chi connectivity index (χ2v) is 5.53. The summed E-state index contributed by atoms with van der Waals surface area (Å²) >= 11 is 2.27. The fourth-order valence-electron chi connectivity index (χ4n) is 2.00. The van der Waals surface area contributed by atoms with Crippen LogP contribution in [0.1, 0.15) is 5.82 Å². The first-order valence-electron chi connectivity index (χ1n) is 6.20. The maximum atomic E-state index is 12.0. The molecule has 0 fully saturated rings. The highest BCUT2D eigenvalue weighted by Crippen LogP contribution is 2.17. The number of H-pyrrole nitrogens is 1. The summed E-state index contributed by atoms with van der Waals surface area (Å²) in [5.41, 5.74) is 1.65. The molecule has 5 heteroatoms. The van der Waals surface area contributed by atoms with Crippen molar-refractivity contribution in [2.75, 3.05) is 5.32 Å². The molecule has 0 aliphatic heterocycles. The maximum Gasteiger partial charge on any atom is 0.258 e. The molecule has 3 rings (SSSR count). The third kappa shape index (κ3) is 2.67. The minimum Gasteiger partial charge on any atom is -0.377 e. The standard InChI is InChI=1S/C15H12IN3O/c16-11-6-2-4-8-13(11)17-9-14-18-12-7-3-1-5-10(12)15(20)19-14/h1-8,17H,9H2,(H,18,19,20). The molecule has 1 heterocycles. The van der Waals surface area contributed by atoms with Gasteiger partial charge in [-0.2, -0.15) is 0 Å². The lowest BCUT2D eigenvalue weighted by atomic mass is 10.2. The van der Waals surface area contributed by atoms with Gasteiger partial charge in [0.1, 0.15) is 5.82 Å². The Hall–Kier alpha value is -1.89. The largest absolute Gasteiger partial charge is 0.377 e. The zero-order valence-electron chi connectivity index (χ0n) is 10.6. The molecule has 2 aromatic carbocycles. The number of hydrogen-bond acceptors (Lipinski definition) is 3. The predicted octanol–water partition coefficient (Wildman–Crippen LogP) is 3.14. The molecule has 0 atom stereocenters. The van der Waals surface area contributed by atoms with Crippen LogP contribution < -0.4 is 10.9 Å². The number of aromatic nitrogens is 2. The van der Waals surface area contributed by atoms with Gasteiger partial charge in [0.05, 0.1) is 17.4 Å². The number of aromatic amines is 1. The Kier molecular flexibility index (Phi) is 3.68. The van der Waals surface area contributed by atoms with Crippen LogP contribution in [0.15, 0.2) is 53.3 Å². The average Bonchev–Trinajstić information content (AvgIpc) is 2.46. The van der Waals surface area contributed by atoms with Crippen LogP contribution in [0.3, 0.4) is 0 Å². The first-order valence-corrected chi connectivity index (χ1v) is 7.28. The summed E-state index contributed by atoms with van der Waals surface area (Å²) in [6, 6.07) is 15.3. The molecule has 0 amide bonds. The second kappa shape index (κ2) is 5.62. The number of nitrogens with one attached hydrogen (secondary N) is 2. The zero-order chi connectivity index (χ0) is 13.9. The van der Waals surface area contributed by atoms with E-state index in [1.54, 1.807) is 6.07 Å². The van der Waals surface area contributed by atoms with Crippen molar-refractivity contribution < 1.29 is 0 Å². The van der Waals surface area contributed by atoms with E-state index in [4.69, 9.17) is 0 Å². The summed E-state index contributed by atoms with van der Waals surface area (Å²) in [7, 11) is 0. The number of rotatable bonds is 3. The van der Waals surface area contributed by atoms with Crippen molar-refractivity contribution in [1.82, 2.24) is 9.97 Å². The second-order valence-electron chi connectivity index (χ2n) is 4.36. The normalized spacial score (nSPS) is 10.7. The number of fused-ring (bicyclic) bond motifs is 1. The van der Waals surface area contributed by atoms with Gasteiger partial charge in [-0.05, 0) is 46.9 Å². The molecule has 1 aromatic heterocycles. The fraction of sp³-hybridized carbons (Fsp3) is 0.0667. The molecule has 4 nitrogen and oxygen atoms in total. The van der Waals surface area contributed by atoms with Crippen LogP contribution in [0.5, 0.6) is 0 Å². The van der Waals surface area contributed by atoms with E-state index in [9.17, 15) is 4.79 Å². The summed E-state index contributed by atoms with van der Waals surface area (Å²) in [6.45, 7) is 0.486. The molecular weight excluding hydrogens is 365 g/mol. The molecule has 2 N–H and O–H groups in total. The summed E-state index contributed by atoms with van der Waals surface area (Å²) in [5, 5.41) is 3.90. The van der Waals surface area contributed by atoms with Gasteiger partial charge >= 0.3 is 0 Å². The van der Waals surface area contributed by atoms with Crippen molar-refractivity contribution in [2.24, 2.45) is 0 Å². The Morgan fingerprint density at radius 2 is 1.85 bits per heavy atom. The van der Waals surface area contributed by atoms with Gasteiger partial charge in [-0.3, -0.25) is 4.79 Å². The molecule has 0 radical (unpaired) electrons. The van der Waals surface area contributed by atoms with Gasteiger partial charge in [0.15, 0.2) is 0 Å². The number of benzene rings is 2. The van der Waals surface area contributed by atoms with E-state index in [1.165, 1.54) is 0 Å². The zero-order valence-corrected chi connectivity index (χ0v) is 12.7. The summed E-state index contributed by atoms with van der Waals surface area (Å²) in [5.74, 6) is 0.633. The highest BCUT2D eigenvalue weighted by atomic mass is 127. The van der Waals surface area contributed by atoms with Gasteiger partial charge in [-0.15, -0.1) is 0 Å². The van der Waals surface area contributed by atoms with Crippen LogP contribution in [-0.2, 0) is 6.54 Å².